The van der Waals surface area contributed by atoms with Crippen LogP contribution in [0.25, 0.3) is 22.5 Å². The van der Waals surface area contributed by atoms with Crippen molar-refractivity contribution < 1.29 is 0 Å². The number of nitrogen functional groups attached to an aromatic ring is 1. The molecule has 4 rings (SSSR count). The van der Waals surface area contributed by atoms with Crippen LogP contribution >= 0.6 is 0 Å². The van der Waals surface area contributed by atoms with E-state index in [0.717, 1.165) is 23.2 Å². The van der Waals surface area contributed by atoms with Crippen molar-refractivity contribution in [3.8, 4) is 22.5 Å². The molecular formula is C21H21N3. The lowest BCUT2D eigenvalue weighted by atomic mass is 9.86. The third-order valence-corrected chi connectivity index (χ3v) is 4.67. The zero-order chi connectivity index (χ0) is 16.9. The summed E-state index contributed by atoms with van der Waals surface area (Å²) in [5, 5.41) is 0. The second-order valence-corrected chi connectivity index (χ2v) is 7.42. The number of benzene rings is 2. The fraction of sp³-hybridized carbons (Fsp3) is 0.238. The molecule has 0 saturated carbocycles. The van der Waals surface area contributed by atoms with Crippen LogP contribution in [0.2, 0.25) is 0 Å². The zero-order valence-electron chi connectivity index (χ0n) is 14.3. The van der Waals surface area contributed by atoms with Gasteiger partial charge in [0, 0.05) is 17.5 Å². The molecule has 24 heavy (non-hydrogen) atoms. The number of hydrogen-bond acceptors (Lipinski definition) is 3. The molecule has 2 N–H and O–H groups in total. The third kappa shape index (κ3) is 2.37. The van der Waals surface area contributed by atoms with Gasteiger partial charge in [-0.3, -0.25) is 0 Å². The van der Waals surface area contributed by atoms with Gasteiger partial charge >= 0.3 is 0 Å². The van der Waals surface area contributed by atoms with E-state index in [9.17, 15) is 0 Å². The number of rotatable bonds is 1. The Kier molecular flexibility index (Phi) is 3.20. The molecule has 1 aliphatic rings. The van der Waals surface area contributed by atoms with Gasteiger partial charge in [-0.25, -0.2) is 9.97 Å². The van der Waals surface area contributed by atoms with Gasteiger partial charge in [0.15, 0.2) is 5.82 Å². The molecule has 3 heteroatoms. The predicted molar refractivity (Wildman–Crippen MR) is 98.8 cm³/mol. The number of anilines is 1. The van der Waals surface area contributed by atoms with Crippen molar-refractivity contribution in [2.24, 2.45) is 0 Å². The van der Waals surface area contributed by atoms with Gasteiger partial charge in [0.05, 0.1) is 5.69 Å². The second-order valence-electron chi connectivity index (χ2n) is 7.42. The van der Waals surface area contributed by atoms with Crippen LogP contribution in [-0.2, 0) is 11.8 Å². The highest BCUT2D eigenvalue weighted by Crippen LogP contribution is 2.39. The fourth-order valence-corrected chi connectivity index (χ4v) is 3.30. The maximum atomic E-state index is 6.27. The van der Waals surface area contributed by atoms with Gasteiger partial charge in [-0.1, -0.05) is 69.3 Å². The molecule has 0 radical (unpaired) electrons. The molecule has 0 aliphatic heterocycles. The summed E-state index contributed by atoms with van der Waals surface area (Å²) in [6.07, 6.45) is 0.825. The van der Waals surface area contributed by atoms with Crippen LogP contribution in [0.1, 0.15) is 37.6 Å². The Morgan fingerprint density at radius 2 is 1.62 bits per heavy atom. The molecule has 3 nitrogen and oxygen atoms in total. The maximum Gasteiger partial charge on any atom is 0.161 e. The van der Waals surface area contributed by atoms with Crippen LogP contribution in [0.5, 0.6) is 0 Å². The molecule has 0 spiro atoms. The molecule has 1 heterocycles. The number of nitrogens with zero attached hydrogens (tertiary/aromatic N) is 2. The zero-order valence-corrected chi connectivity index (χ0v) is 14.3. The van der Waals surface area contributed by atoms with Crippen LogP contribution < -0.4 is 5.73 Å². The van der Waals surface area contributed by atoms with Crippen molar-refractivity contribution in [3.05, 3.63) is 65.4 Å². The molecule has 1 aliphatic carbocycles. The smallest absolute Gasteiger partial charge is 0.161 e. The molecular weight excluding hydrogens is 294 g/mol. The molecule has 120 valence electrons. The third-order valence-electron chi connectivity index (χ3n) is 4.67. The Morgan fingerprint density at radius 3 is 2.33 bits per heavy atom. The fourth-order valence-electron chi connectivity index (χ4n) is 3.30. The van der Waals surface area contributed by atoms with E-state index in [1.807, 2.05) is 6.07 Å². The van der Waals surface area contributed by atoms with Crippen molar-refractivity contribution in [1.82, 2.24) is 9.97 Å². The maximum absolute atomic E-state index is 6.27. The Morgan fingerprint density at radius 1 is 0.917 bits per heavy atom. The summed E-state index contributed by atoms with van der Waals surface area (Å²) in [5.41, 5.74) is 13.2. The first-order chi connectivity index (χ1) is 11.4. The minimum absolute atomic E-state index is 0.137. The second kappa shape index (κ2) is 5.17. The average molecular weight is 315 g/mol. The van der Waals surface area contributed by atoms with E-state index in [1.165, 1.54) is 16.7 Å². The standard InChI is InChI=1S/C21H21N3/c1-21(2,3)15-10-8-13(9-11-15)20-23-17-12-14-6-4-5-7-16(14)18(17)19(22)24-20/h4-11H,12H2,1-3H3,(H2,22,23,24). The molecule has 2 aromatic carbocycles. The summed E-state index contributed by atoms with van der Waals surface area (Å²) in [6.45, 7) is 6.63. The van der Waals surface area contributed by atoms with Gasteiger partial charge in [0.1, 0.15) is 5.82 Å². The lowest BCUT2D eigenvalue weighted by Crippen LogP contribution is -2.10. The molecule has 1 aromatic heterocycles. The molecule has 0 amide bonds. The van der Waals surface area contributed by atoms with Crippen molar-refractivity contribution in [2.45, 2.75) is 32.6 Å². The minimum atomic E-state index is 0.137. The van der Waals surface area contributed by atoms with Gasteiger partial charge in [0.25, 0.3) is 0 Å². The van der Waals surface area contributed by atoms with Crippen LogP contribution in [0.4, 0.5) is 5.82 Å². The Hall–Kier alpha value is -2.68. The number of fused-ring (bicyclic) bond motifs is 3. The molecule has 3 aromatic rings. The molecule has 0 fully saturated rings. The Labute approximate surface area is 142 Å². The SMILES string of the molecule is CC(C)(C)c1ccc(-c2nc(N)c3c(n2)Cc2ccccc2-3)cc1. The van der Waals surface area contributed by atoms with E-state index in [-0.39, 0.29) is 5.41 Å². The van der Waals surface area contributed by atoms with E-state index in [0.29, 0.717) is 11.6 Å². The quantitative estimate of drug-likeness (QED) is 0.559. The van der Waals surface area contributed by atoms with Crippen molar-refractivity contribution in [1.29, 1.82) is 0 Å². The van der Waals surface area contributed by atoms with Gasteiger partial charge in [-0.2, -0.15) is 0 Å². The van der Waals surface area contributed by atoms with Crippen LogP contribution in [0.3, 0.4) is 0 Å². The van der Waals surface area contributed by atoms with Crippen LogP contribution in [-0.4, -0.2) is 9.97 Å². The highest BCUT2D eigenvalue weighted by Gasteiger charge is 2.24. The first-order valence-corrected chi connectivity index (χ1v) is 8.29. The summed E-state index contributed by atoms with van der Waals surface area (Å²) in [7, 11) is 0. The van der Waals surface area contributed by atoms with Crippen molar-refractivity contribution in [3.63, 3.8) is 0 Å². The number of aromatic nitrogens is 2. The summed E-state index contributed by atoms with van der Waals surface area (Å²) in [6, 6.07) is 16.8. The molecule has 0 unspecified atom stereocenters. The summed E-state index contributed by atoms with van der Waals surface area (Å²) in [5.74, 6) is 1.28. The first-order valence-electron chi connectivity index (χ1n) is 8.29. The number of nitrogens with two attached hydrogens (primary N) is 1. The summed E-state index contributed by atoms with van der Waals surface area (Å²) in [4.78, 5) is 9.37. The van der Waals surface area contributed by atoms with Crippen molar-refractivity contribution >= 4 is 5.82 Å². The van der Waals surface area contributed by atoms with E-state index in [2.05, 4.69) is 68.2 Å². The van der Waals surface area contributed by atoms with Crippen molar-refractivity contribution in [2.75, 3.05) is 5.73 Å². The summed E-state index contributed by atoms with van der Waals surface area (Å²) >= 11 is 0. The van der Waals surface area contributed by atoms with Gasteiger partial charge < -0.3 is 5.73 Å². The monoisotopic (exact) mass is 315 g/mol. The van der Waals surface area contributed by atoms with Gasteiger partial charge in [-0.05, 0) is 22.1 Å². The van der Waals surface area contributed by atoms with Crippen LogP contribution in [0, 0.1) is 0 Å². The lowest BCUT2D eigenvalue weighted by Gasteiger charge is -2.19. The Bertz CT molecular complexity index is 919. The minimum Gasteiger partial charge on any atom is -0.383 e. The highest BCUT2D eigenvalue weighted by atomic mass is 15.0. The first kappa shape index (κ1) is 14.9. The predicted octanol–water partition coefficient (Wildman–Crippen LogP) is 4.59. The highest BCUT2D eigenvalue weighted by molar-refractivity contribution is 5.84. The molecule has 0 bridgehead atoms. The van der Waals surface area contributed by atoms with Gasteiger partial charge in [0.2, 0.25) is 0 Å². The lowest BCUT2D eigenvalue weighted by molar-refractivity contribution is 0.590. The van der Waals surface area contributed by atoms with E-state index >= 15 is 0 Å². The van der Waals surface area contributed by atoms with E-state index < -0.39 is 0 Å². The van der Waals surface area contributed by atoms with Gasteiger partial charge in [-0.15, -0.1) is 0 Å². The average Bonchev–Trinajstić information content (AvgIpc) is 2.93. The van der Waals surface area contributed by atoms with E-state index in [4.69, 9.17) is 10.7 Å². The Balaban J connectivity index is 1.77. The summed E-state index contributed by atoms with van der Waals surface area (Å²) < 4.78 is 0. The van der Waals surface area contributed by atoms with E-state index in [1.54, 1.807) is 0 Å². The molecule has 0 saturated heterocycles. The topological polar surface area (TPSA) is 51.8 Å². The number of hydrogen-bond donors (Lipinski definition) is 1. The normalized spacial score (nSPS) is 12.8. The molecule has 0 atom stereocenters. The van der Waals surface area contributed by atoms with Crippen LogP contribution in [0.15, 0.2) is 48.5 Å². The largest absolute Gasteiger partial charge is 0.383 e.